The Morgan fingerprint density at radius 3 is 3.08 bits per heavy atom. The van der Waals surface area contributed by atoms with Gasteiger partial charge in [-0.05, 0) is 38.5 Å². The summed E-state index contributed by atoms with van der Waals surface area (Å²) in [5.41, 5.74) is 0.362. The fourth-order valence-corrected chi connectivity index (χ4v) is 3.00. The summed E-state index contributed by atoms with van der Waals surface area (Å²) in [7, 11) is 0. The molecule has 0 aromatic rings. The van der Waals surface area contributed by atoms with Gasteiger partial charge in [-0.3, -0.25) is 0 Å². The van der Waals surface area contributed by atoms with Crippen LogP contribution in [0.3, 0.4) is 0 Å². The zero-order valence-corrected chi connectivity index (χ0v) is 7.88. The lowest BCUT2D eigenvalue weighted by Gasteiger charge is -2.31. The SMILES string of the molecule is C=CC12CCC(CC1OCC)C2. The van der Waals surface area contributed by atoms with Gasteiger partial charge in [0.2, 0.25) is 0 Å². The maximum atomic E-state index is 5.76. The third-order valence-corrected chi connectivity index (χ3v) is 3.65. The Kier molecular flexibility index (Phi) is 1.99. The lowest BCUT2D eigenvalue weighted by Crippen LogP contribution is -2.30. The molecule has 3 unspecified atom stereocenters. The molecular weight excluding hydrogens is 148 g/mol. The molecule has 0 N–H and O–H groups in total. The standard InChI is InChI=1S/C11H18O/c1-3-11-6-5-9(8-11)7-10(11)12-4-2/h3,9-10H,1,4-8H2,2H3. The third-order valence-electron chi connectivity index (χ3n) is 3.65. The van der Waals surface area contributed by atoms with Crippen molar-refractivity contribution in [1.29, 1.82) is 0 Å². The highest BCUT2D eigenvalue weighted by molar-refractivity contribution is 5.11. The Labute approximate surface area is 74.8 Å². The summed E-state index contributed by atoms with van der Waals surface area (Å²) >= 11 is 0. The van der Waals surface area contributed by atoms with E-state index in [9.17, 15) is 0 Å². The number of ether oxygens (including phenoxy) is 1. The molecule has 2 rings (SSSR count). The molecule has 3 atom stereocenters. The van der Waals surface area contributed by atoms with E-state index in [1.165, 1.54) is 25.7 Å². The van der Waals surface area contributed by atoms with Crippen molar-refractivity contribution in [3.05, 3.63) is 12.7 Å². The molecule has 1 nitrogen and oxygen atoms in total. The van der Waals surface area contributed by atoms with Gasteiger partial charge in [0, 0.05) is 12.0 Å². The number of rotatable bonds is 3. The van der Waals surface area contributed by atoms with Crippen LogP contribution < -0.4 is 0 Å². The van der Waals surface area contributed by atoms with Crippen molar-refractivity contribution in [2.75, 3.05) is 6.61 Å². The molecule has 0 heterocycles. The molecule has 1 heteroatoms. The summed E-state index contributed by atoms with van der Waals surface area (Å²) in [5, 5.41) is 0. The first-order valence-corrected chi connectivity index (χ1v) is 5.06. The highest BCUT2D eigenvalue weighted by Gasteiger charge is 2.50. The molecule has 0 saturated heterocycles. The molecule has 0 spiro atoms. The summed E-state index contributed by atoms with van der Waals surface area (Å²) in [5.74, 6) is 0.930. The van der Waals surface area contributed by atoms with E-state index in [-0.39, 0.29) is 0 Å². The van der Waals surface area contributed by atoms with Crippen LogP contribution in [0.4, 0.5) is 0 Å². The van der Waals surface area contributed by atoms with Gasteiger partial charge in [0.1, 0.15) is 0 Å². The number of hydrogen-bond acceptors (Lipinski definition) is 1. The topological polar surface area (TPSA) is 9.23 Å². The lowest BCUT2D eigenvalue weighted by atomic mass is 9.82. The van der Waals surface area contributed by atoms with Gasteiger partial charge in [0.15, 0.2) is 0 Å². The van der Waals surface area contributed by atoms with Crippen LogP contribution in [0.15, 0.2) is 12.7 Å². The monoisotopic (exact) mass is 166 g/mol. The highest BCUT2D eigenvalue weighted by Crippen LogP contribution is 2.55. The minimum Gasteiger partial charge on any atom is -0.378 e. The van der Waals surface area contributed by atoms with Crippen LogP contribution >= 0.6 is 0 Å². The Morgan fingerprint density at radius 2 is 2.50 bits per heavy atom. The summed E-state index contributed by atoms with van der Waals surface area (Å²) in [6.07, 6.45) is 7.96. The molecule has 0 aliphatic heterocycles. The Morgan fingerprint density at radius 1 is 1.67 bits per heavy atom. The largest absolute Gasteiger partial charge is 0.378 e. The molecule has 2 aliphatic rings. The molecule has 0 radical (unpaired) electrons. The van der Waals surface area contributed by atoms with Crippen LogP contribution in [0.1, 0.15) is 32.6 Å². The molecular formula is C11H18O. The lowest BCUT2D eigenvalue weighted by molar-refractivity contribution is -0.00403. The van der Waals surface area contributed by atoms with Crippen LogP contribution in [-0.2, 0) is 4.74 Å². The molecule has 2 saturated carbocycles. The van der Waals surface area contributed by atoms with Crippen LogP contribution in [-0.4, -0.2) is 12.7 Å². The van der Waals surface area contributed by atoms with E-state index in [4.69, 9.17) is 4.74 Å². The smallest absolute Gasteiger partial charge is 0.0668 e. The Balaban J connectivity index is 2.11. The van der Waals surface area contributed by atoms with Crippen molar-refractivity contribution in [2.24, 2.45) is 11.3 Å². The van der Waals surface area contributed by atoms with Gasteiger partial charge >= 0.3 is 0 Å². The van der Waals surface area contributed by atoms with Crippen molar-refractivity contribution < 1.29 is 4.74 Å². The first-order valence-electron chi connectivity index (χ1n) is 5.06. The number of hydrogen-bond donors (Lipinski definition) is 0. The number of fused-ring (bicyclic) bond motifs is 2. The minimum atomic E-state index is 0.362. The zero-order chi connectivity index (χ0) is 8.60. The summed E-state index contributed by atoms with van der Waals surface area (Å²) in [6.45, 7) is 6.91. The Hall–Kier alpha value is -0.300. The summed E-state index contributed by atoms with van der Waals surface area (Å²) in [4.78, 5) is 0. The maximum absolute atomic E-state index is 5.76. The first kappa shape index (κ1) is 8.31. The fraction of sp³-hybridized carbons (Fsp3) is 0.818. The van der Waals surface area contributed by atoms with Crippen LogP contribution in [0.25, 0.3) is 0 Å². The van der Waals surface area contributed by atoms with E-state index in [2.05, 4.69) is 19.6 Å². The second-order valence-electron chi connectivity index (χ2n) is 4.23. The average Bonchev–Trinajstić information content (AvgIpc) is 2.62. The first-order chi connectivity index (χ1) is 5.80. The molecule has 2 aliphatic carbocycles. The van der Waals surface area contributed by atoms with Gasteiger partial charge in [-0.15, -0.1) is 6.58 Å². The van der Waals surface area contributed by atoms with E-state index in [1.807, 2.05) is 0 Å². The van der Waals surface area contributed by atoms with Crippen molar-refractivity contribution in [3.63, 3.8) is 0 Å². The molecule has 12 heavy (non-hydrogen) atoms. The molecule has 2 bridgehead atoms. The van der Waals surface area contributed by atoms with Gasteiger partial charge in [0.05, 0.1) is 6.10 Å². The zero-order valence-electron chi connectivity index (χ0n) is 7.88. The normalized spacial score (nSPS) is 45.1. The van der Waals surface area contributed by atoms with Crippen LogP contribution in [0.5, 0.6) is 0 Å². The molecule has 2 fully saturated rings. The van der Waals surface area contributed by atoms with Crippen molar-refractivity contribution >= 4 is 0 Å². The predicted octanol–water partition coefficient (Wildman–Crippen LogP) is 2.77. The summed E-state index contributed by atoms with van der Waals surface area (Å²) in [6, 6.07) is 0. The van der Waals surface area contributed by atoms with E-state index in [0.29, 0.717) is 11.5 Å². The van der Waals surface area contributed by atoms with Gasteiger partial charge in [-0.2, -0.15) is 0 Å². The highest BCUT2D eigenvalue weighted by atomic mass is 16.5. The van der Waals surface area contributed by atoms with Crippen molar-refractivity contribution in [1.82, 2.24) is 0 Å². The summed E-state index contributed by atoms with van der Waals surface area (Å²) < 4.78 is 5.76. The van der Waals surface area contributed by atoms with Crippen LogP contribution in [0, 0.1) is 11.3 Å². The predicted molar refractivity (Wildman–Crippen MR) is 50.0 cm³/mol. The average molecular weight is 166 g/mol. The second kappa shape index (κ2) is 2.88. The van der Waals surface area contributed by atoms with E-state index in [0.717, 1.165) is 12.5 Å². The van der Waals surface area contributed by atoms with Gasteiger partial charge in [-0.25, -0.2) is 0 Å². The molecule has 0 aromatic heterocycles. The van der Waals surface area contributed by atoms with E-state index >= 15 is 0 Å². The van der Waals surface area contributed by atoms with Crippen molar-refractivity contribution in [2.45, 2.75) is 38.7 Å². The van der Waals surface area contributed by atoms with Gasteiger partial charge in [0.25, 0.3) is 0 Å². The maximum Gasteiger partial charge on any atom is 0.0668 e. The molecule has 0 amide bonds. The third kappa shape index (κ3) is 1.03. The van der Waals surface area contributed by atoms with Crippen molar-refractivity contribution in [3.8, 4) is 0 Å². The second-order valence-corrected chi connectivity index (χ2v) is 4.23. The van der Waals surface area contributed by atoms with Gasteiger partial charge in [-0.1, -0.05) is 6.08 Å². The molecule has 0 aromatic carbocycles. The van der Waals surface area contributed by atoms with E-state index in [1.54, 1.807) is 0 Å². The minimum absolute atomic E-state index is 0.362. The quantitative estimate of drug-likeness (QED) is 0.586. The van der Waals surface area contributed by atoms with Crippen LogP contribution in [0.2, 0.25) is 0 Å². The Bertz CT molecular complexity index is 187. The van der Waals surface area contributed by atoms with E-state index < -0.39 is 0 Å². The molecule has 68 valence electrons. The van der Waals surface area contributed by atoms with Gasteiger partial charge < -0.3 is 4.74 Å². The fourth-order valence-electron chi connectivity index (χ4n) is 3.00.